The van der Waals surface area contributed by atoms with Crippen LogP contribution in [0.1, 0.15) is 12.0 Å². The van der Waals surface area contributed by atoms with Gasteiger partial charge in [0.05, 0.1) is 5.92 Å². The molecule has 4 nitrogen and oxygen atoms in total. The van der Waals surface area contributed by atoms with Crippen molar-refractivity contribution in [1.82, 2.24) is 5.32 Å². The third kappa shape index (κ3) is 2.84. The van der Waals surface area contributed by atoms with Crippen LogP contribution in [0.25, 0.3) is 0 Å². The molecule has 0 saturated carbocycles. The largest absolute Gasteiger partial charge is 0.371 e. The average molecular weight is 312 g/mol. The monoisotopic (exact) mass is 311 g/mol. The number of nitrogens with zero attached hydrogens (tertiary/aromatic N) is 1. The first-order chi connectivity index (χ1) is 8.61. The Hall–Kier alpha value is -1.07. The molecule has 1 aliphatic rings. The van der Waals surface area contributed by atoms with E-state index in [2.05, 4.69) is 44.3 Å². The highest BCUT2D eigenvalue weighted by Gasteiger charge is 2.26. The van der Waals surface area contributed by atoms with Crippen molar-refractivity contribution in [2.24, 2.45) is 11.7 Å². The molecule has 0 bridgehead atoms. The Bertz CT molecular complexity index is 450. The van der Waals surface area contributed by atoms with Gasteiger partial charge in [-0.05, 0) is 31.2 Å². The molecule has 2 rings (SSSR count). The van der Waals surface area contributed by atoms with E-state index >= 15 is 0 Å². The summed E-state index contributed by atoms with van der Waals surface area (Å²) in [7, 11) is 1.93. The van der Waals surface area contributed by atoms with Crippen molar-refractivity contribution >= 4 is 27.5 Å². The predicted molar refractivity (Wildman–Crippen MR) is 76.4 cm³/mol. The fourth-order valence-corrected chi connectivity index (χ4v) is 2.80. The number of primary amides is 1. The molecule has 1 fully saturated rings. The number of amides is 1. The second-order valence-electron chi connectivity index (χ2n) is 4.64. The number of halogens is 1. The Morgan fingerprint density at radius 3 is 2.94 bits per heavy atom. The third-order valence-corrected chi connectivity index (χ3v) is 4.10. The van der Waals surface area contributed by atoms with Crippen molar-refractivity contribution in [3.8, 4) is 0 Å². The molecule has 3 N–H and O–H groups in total. The molecule has 1 aliphatic heterocycles. The Morgan fingerprint density at radius 2 is 2.39 bits per heavy atom. The van der Waals surface area contributed by atoms with Gasteiger partial charge in [-0.25, -0.2) is 0 Å². The van der Waals surface area contributed by atoms with Crippen LogP contribution in [-0.2, 0) is 11.3 Å². The molecule has 18 heavy (non-hydrogen) atoms. The molecule has 1 saturated heterocycles. The van der Waals surface area contributed by atoms with Gasteiger partial charge in [-0.1, -0.05) is 22.0 Å². The number of anilines is 1. The molecule has 0 radical (unpaired) electrons. The van der Waals surface area contributed by atoms with Crippen molar-refractivity contribution in [1.29, 1.82) is 0 Å². The molecule has 1 heterocycles. The maximum atomic E-state index is 11.2. The summed E-state index contributed by atoms with van der Waals surface area (Å²) in [4.78, 5) is 13.4. The lowest BCUT2D eigenvalue weighted by Crippen LogP contribution is -2.27. The quantitative estimate of drug-likeness (QED) is 0.885. The summed E-state index contributed by atoms with van der Waals surface area (Å²) in [6.45, 7) is 2.46. The van der Waals surface area contributed by atoms with Crippen LogP contribution in [0.5, 0.6) is 0 Å². The molecular weight excluding hydrogens is 294 g/mol. The molecule has 1 aromatic rings. The topological polar surface area (TPSA) is 58.4 Å². The number of nitrogens with two attached hydrogens (primary N) is 1. The summed E-state index contributed by atoms with van der Waals surface area (Å²) < 4.78 is 1.09. The molecule has 0 aliphatic carbocycles. The molecule has 1 atom stereocenters. The zero-order valence-electron chi connectivity index (χ0n) is 10.4. The fraction of sp³-hybridized carbons (Fsp3) is 0.462. The van der Waals surface area contributed by atoms with Crippen LogP contribution in [0.15, 0.2) is 22.7 Å². The molecular formula is C13H18BrN3O. The zero-order valence-corrected chi connectivity index (χ0v) is 12.0. The molecule has 1 amide bonds. The Balaban J connectivity index is 2.11. The van der Waals surface area contributed by atoms with Crippen LogP contribution in [0.4, 0.5) is 5.69 Å². The number of carbonyl (C=O) groups excluding carboxylic acids is 1. The van der Waals surface area contributed by atoms with Gasteiger partial charge in [0.2, 0.25) is 5.91 Å². The van der Waals surface area contributed by atoms with E-state index in [1.165, 1.54) is 5.56 Å². The molecule has 1 unspecified atom stereocenters. The highest BCUT2D eigenvalue weighted by atomic mass is 79.9. The minimum Gasteiger partial charge on any atom is -0.371 e. The summed E-state index contributed by atoms with van der Waals surface area (Å²) in [5.41, 5.74) is 7.72. The highest BCUT2D eigenvalue weighted by Crippen LogP contribution is 2.28. The van der Waals surface area contributed by atoms with E-state index in [0.29, 0.717) is 0 Å². The van der Waals surface area contributed by atoms with E-state index < -0.39 is 0 Å². The van der Waals surface area contributed by atoms with Crippen LogP contribution in [0.3, 0.4) is 0 Å². The normalized spacial score (nSPS) is 19.2. The third-order valence-electron chi connectivity index (χ3n) is 3.36. The average Bonchev–Trinajstić information content (AvgIpc) is 2.81. The minimum absolute atomic E-state index is 0.0132. The Kier molecular flexibility index (Phi) is 4.24. The van der Waals surface area contributed by atoms with Crippen molar-refractivity contribution in [2.45, 2.75) is 13.0 Å². The number of rotatable bonds is 4. The molecule has 0 spiro atoms. The molecule has 1 aromatic carbocycles. The van der Waals surface area contributed by atoms with Gasteiger partial charge in [-0.3, -0.25) is 4.79 Å². The summed E-state index contributed by atoms with van der Waals surface area (Å²) in [5.74, 6) is -0.205. The lowest BCUT2D eigenvalue weighted by atomic mass is 10.1. The zero-order chi connectivity index (χ0) is 13.1. The first kappa shape index (κ1) is 13.4. The number of hydrogen-bond acceptors (Lipinski definition) is 3. The summed E-state index contributed by atoms with van der Waals surface area (Å²) in [5, 5.41) is 3.13. The molecule has 0 aromatic heterocycles. The fourth-order valence-electron chi connectivity index (χ4n) is 2.29. The minimum atomic E-state index is -0.191. The van der Waals surface area contributed by atoms with Crippen LogP contribution < -0.4 is 16.0 Å². The van der Waals surface area contributed by atoms with Gasteiger partial charge in [-0.2, -0.15) is 0 Å². The Morgan fingerprint density at radius 1 is 1.61 bits per heavy atom. The molecule has 5 heteroatoms. The number of benzene rings is 1. The second kappa shape index (κ2) is 5.71. The lowest BCUT2D eigenvalue weighted by Gasteiger charge is -2.19. The summed E-state index contributed by atoms with van der Waals surface area (Å²) in [6, 6.07) is 6.31. The van der Waals surface area contributed by atoms with Crippen molar-refractivity contribution in [2.75, 3.05) is 25.0 Å². The number of hydrogen-bond donors (Lipinski definition) is 2. The van der Waals surface area contributed by atoms with Crippen LogP contribution in [-0.4, -0.2) is 26.0 Å². The highest BCUT2D eigenvalue weighted by molar-refractivity contribution is 9.10. The van der Waals surface area contributed by atoms with Gasteiger partial charge in [0.25, 0.3) is 0 Å². The van der Waals surface area contributed by atoms with E-state index in [9.17, 15) is 4.79 Å². The van der Waals surface area contributed by atoms with Crippen molar-refractivity contribution in [3.63, 3.8) is 0 Å². The van der Waals surface area contributed by atoms with Gasteiger partial charge in [0.15, 0.2) is 0 Å². The lowest BCUT2D eigenvalue weighted by molar-refractivity contribution is -0.121. The summed E-state index contributed by atoms with van der Waals surface area (Å²) >= 11 is 3.58. The predicted octanol–water partition coefficient (Wildman–Crippen LogP) is 1.48. The van der Waals surface area contributed by atoms with Gasteiger partial charge >= 0.3 is 0 Å². The second-order valence-corrected chi connectivity index (χ2v) is 5.49. The number of carbonyl (C=O) groups is 1. The maximum absolute atomic E-state index is 11.2. The van der Waals surface area contributed by atoms with Crippen LogP contribution >= 0.6 is 15.9 Å². The van der Waals surface area contributed by atoms with Crippen molar-refractivity contribution in [3.05, 3.63) is 28.2 Å². The van der Waals surface area contributed by atoms with E-state index in [1.54, 1.807) is 0 Å². The van der Waals surface area contributed by atoms with E-state index in [-0.39, 0.29) is 11.8 Å². The van der Waals surface area contributed by atoms with Crippen LogP contribution in [0, 0.1) is 5.92 Å². The SMILES string of the molecule is CNCc1ccc(N2CCC(C(N)=O)C2)cc1Br. The van der Waals surface area contributed by atoms with Crippen LogP contribution in [0.2, 0.25) is 0 Å². The smallest absolute Gasteiger partial charge is 0.222 e. The Labute approximate surface area is 116 Å². The van der Waals surface area contributed by atoms with Crippen molar-refractivity contribution < 1.29 is 4.79 Å². The van der Waals surface area contributed by atoms with Gasteiger partial charge in [0.1, 0.15) is 0 Å². The first-order valence-corrected chi connectivity index (χ1v) is 6.88. The van der Waals surface area contributed by atoms with Gasteiger partial charge in [-0.15, -0.1) is 0 Å². The number of nitrogens with one attached hydrogen (secondary N) is 1. The van der Waals surface area contributed by atoms with Gasteiger partial charge in [0, 0.05) is 29.8 Å². The standard InChI is InChI=1S/C13H18BrN3O/c1-16-7-9-2-3-11(6-12(9)14)17-5-4-10(8-17)13(15)18/h2-3,6,10,16H,4-5,7-8H2,1H3,(H2,15,18). The van der Waals surface area contributed by atoms with E-state index in [0.717, 1.165) is 36.2 Å². The molecule has 98 valence electrons. The summed E-state index contributed by atoms with van der Waals surface area (Å²) in [6.07, 6.45) is 0.852. The maximum Gasteiger partial charge on any atom is 0.222 e. The first-order valence-electron chi connectivity index (χ1n) is 6.09. The van der Waals surface area contributed by atoms with Gasteiger partial charge < -0.3 is 16.0 Å². The van der Waals surface area contributed by atoms with E-state index in [4.69, 9.17) is 5.73 Å². The van der Waals surface area contributed by atoms with E-state index in [1.807, 2.05) is 7.05 Å².